The molecule has 1 aromatic rings. The maximum atomic E-state index is 11.0. The van der Waals surface area contributed by atoms with Crippen LogP contribution >= 0.6 is 22.6 Å². The van der Waals surface area contributed by atoms with Gasteiger partial charge in [-0.25, -0.2) is 0 Å². The van der Waals surface area contributed by atoms with Crippen molar-refractivity contribution >= 4 is 28.4 Å². The summed E-state index contributed by atoms with van der Waals surface area (Å²) in [7, 11) is 0. The standard InChI is InChI=1S/C9H6INO/c1-6(12)7-3-2-4-9(10)8(7)5-11/h2-4H,1H3. The third kappa shape index (κ3) is 1.64. The first-order valence-electron chi connectivity index (χ1n) is 3.36. The van der Waals surface area contributed by atoms with Gasteiger partial charge in [0.25, 0.3) is 0 Å². The fourth-order valence-corrected chi connectivity index (χ4v) is 1.55. The van der Waals surface area contributed by atoms with E-state index in [9.17, 15) is 4.79 Å². The largest absolute Gasteiger partial charge is 0.294 e. The van der Waals surface area contributed by atoms with Gasteiger partial charge in [-0.1, -0.05) is 12.1 Å². The summed E-state index contributed by atoms with van der Waals surface area (Å²) in [6.45, 7) is 1.46. The van der Waals surface area contributed by atoms with Gasteiger partial charge in [0.05, 0.1) is 5.56 Å². The second-order valence-electron chi connectivity index (χ2n) is 2.33. The van der Waals surface area contributed by atoms with Crippen molar-refractivity contribution in [3.05, 3.63) is 32.9 Å². The molecule has 3 heteroatoms. The molecule has 0 spiro atoms. The summed E-state index contributed by atoms with van der Waals surface area (Å²) < 4.78 is 0.822. The van der Waals surface area contributed by atoms with Crippen LogP contribution in [0, 0.1) is 14.9 Å². The van der Waals surface area contributed by atoms with Gasteiger partial charge in [-0.3, -0.25) is 4.79 Å². The van der Waals surface area contributed by atoms with Crippen LogP contribution in [0.5, 0.6) is 0 Å². The number of carbonyl (C=O) groups excluding carboxylic acids is 1. The van der Waals surface area contributed by atoms with Gasteiger partial charge in [0.1, 0.15) is 6.07 Å². The van der Waals surface area contributed by atoms with Crippen LogP contribution in [0.15, 0.2) is 18.2 Å². The van der Waals surface area contributed by atoms with Gasteiger partial charge in [0, 0.05) is 9.13 Å². The zero-order valence-corrected chi connectivity index (χ0v) is 8.62. The van der Waals surface area contributed by atoms with E-state index < -0.39 is 0 Å². The number of carbonyl (C=O) groups is 1. The number of nitriles is 1. The molecule has 0 N–H and O–H groups in total. The monoisotopic (exact) mass is 271 g/mol. The lowest BCUT2D eigenvalue weighted by atomic mass is 10.1. The van der Waals surface area contributed by atoms with Gasteiger partial charge >= 0.3 is 0 Å². The quantitative estimate of drug-likeness (QED) is 0.581. The Hall–Kier alpha value is -0.890. The van der Waals surface area contributed by atoms with E-state index in [1.807, 2.05) is 34.7 Å². The zero-order valence-electron chi connectivity index (χ0n) is 6.47. The van der Waals surface area contributed by atoms with E-state index in [1.54, 1.807) is 12.1 Å². The average Bonchev–Trinajstić information content (AvgIpc) is 2.03. The molecule has 1 rings (SSSR count). The molecule has 0 unspecified atom stereocenters. The first-order valence-corrected chi connectivity index (χ1v) is 4.44. The number of halogens is 1. The highest BCUT2D eigenvalue weighted by Crippen LogP contribution is 2.16. The summed E-state index contributed by atoms with van der Waals surface area (Å²) in [5, 5.41) is 8.74. The second-order valence-corrected chi connectivity index (χ2v) is 3.49. The predicted octanol–water partition coefficient (Wildman–Crippen LogP) is 2.37. The third-order valence-corrected chi connectivity index (χ3v) is 2.40. The Morgan fingerprint density at radius 1 is 1.58 bits per heavy atom. The molecule has 0 radical (unpaired) electrons. The summed E-state index contributed by atoms with van der Waals surface area (Å²) in [5.74, 6) is -0.0648. The lowest BCUT2D eigenvalue weighted by Crippen LogP contribution is -1.97. The minimum Gasteiger partial charge on any atom is -0.294 e. The first-order chi connectivity index (χ1) is 5.66. The van der Waals surface area contributed by atoms with E-state index in [4.69, 9.17) is 5.26 Å². The van der Waals surface area contributed by atoms with Gasteiger partial charge in [0.2, 0.25) is 0 Å². The van der Waals surface area contributed by atoms with E-state index in [-0.39, 0.29) is 5.78 Å². The molecule has 60 valence electrons. The average molecular weight is 271 g/mol. The Morgan fingerprint density at radius 3 is 2.67 bits per heavy atom. The molecule has 0 aliphatic heterocycles. The molecule has 0 aliphatic carbocycles. The van der Waals surface area contributed by atoms with E-state index in [0.29, 0.717) is 11.1 Å². The highest BCUT2D eigenvalue weighted by atomic mass is 127. The van der Waals surface area contributed by atoms with Crippen LogP contribution in [0.4, 0.5) is 0 Å². The van der Waals surface area contributed by atoms with Crippen molar-refractivity contribution in [1.29, 1.82) is 5.26 Å². The second kappa shape index (κ2) is 3.68. The van der Waals surface area contributed by atoms with Gasteiger partial charge < -0.3 is 0 Å². The van der Waals surface area contributed by atoms with Crippen LogP contribution < -0.4 is 0 Å². The highest BCUT2D eigenvalue weighted by molar-refractivity contribution is 14.1. The van der Waals surface area contributed by atoms with Crippen LogP contribution in [0.3, 0.4) is 0 Å². The predicted molar refractivity (Wildman–Crippen MR) is 53.9 cm³/mol. The highest BCUT2D eigenvalue weighted by Gasteiger charge is 2.08. The van der Waals surface area contributed by atoms with Crippen molar-refractivity contribution in [3.63, 3.8) is 0 Å². The van der Waals surface area contributed by atoms with Crippen LogP contribution in [0.25, 0.3) is 0 Å². The van der Waals surface area contributed by atoms with Crippen LogP contribution in [0.2, 0.25) is 0 Å². The SMILES string of the molecule is CC(=O)c1cccc(I)c1C#N. The topological polar surface area (TPSA) is 40.9 Å². The number of benzene rings is 1. The lowest BCUT2D eigenvalue weighted by Gasteiger charge is -1.99. The van der Waals surface area contributed by atoms with Gasteiger partial charge in [-0.05, 0) is 35.6 Å². The summed E-state index contributed by atoms with van der Waals surface area (Å²) in [5.41, 5.74) is 0.981. The summed E-state index contributed by atoms with van der Waals surface area (Å²) in [6, 6.07) is 7.27. The molecule has 12 heavy (non-hydrogen) atoms. The Kier molecular flexibility index (Phi) is 2.82. The van der Waals surface area contributed by atoms with E-state index >= 15 is 0 Å². The third-order valence-electron chi connectivity index (χ3n) is 1.50. The molecule has 0 saturated heterocycles. The van der Waals surface area contributed by atoms with Crippen LogP contribution in [-0.2, 0) is 0 Å². The molecular weight excluding hydrogens is 265 g/mol. The molecule has 0 fully saturated rings. The number of ketones is 1. The Labute approximate surface area is 84.3 Å². The summed E-state index contributed by atoms with van der Waals surface area (Å²) in [4.78, 5) is 11.0. The Bertz CT molecular complexity index is 365. The summed E-state index contributed by atoms with van der Waals surface area (Å²) >= 11 is 2.04. The zero-order chi connectivity index (χ0) is 9.14. The maximum absolute atomic E-state index is 11.0. The number of nitrogens with zero attached hydrogens (tertiary/aromatic N) is 1. The van der Waals surface area contributed by atoms with Crippen molar-refractivity contribution in [2.75, 3.05) is 0 Å². The molecule has 0 aromatic heterocycles. The Morgan fingerprint density at radius 2 is 2.25 bits per heavy atom. The summed E-state index contributed by atoms with van der Waals surface area (Å²) in [6.07, 6.45) is 0. The fraction of sp³-hybridized carbons (Fsp3) is 0.111. The normalized spacial score (nSPS) is 9.08. The minimum atomic E-state index is -0.0648. The molecule has 0 atom stereocenters. The smallest absolute Gasteiger partial charge is 0.161 e. The van der Waals surface area contributed by atoms with Gasteiger partial charge in [0.15, 0.2) is 5.78 Å². The molecule has 0 heterocycles. The number of rotatable bonds is 1. The Balaban J connectivity index is 3.40. The lowest BCUT2D eigenvalue weighted by molar-refractivity contribution is 0.101. The fourth-order valence-electron chi connectivity index (χ4n) is 0.931. The van der Waals surface area contributed by atoms with Gasteiger partial charge in [-0.15, -0.1) is 0 Å². The molecule has 0 bridgehead atoms. The maximum Gasteiger partial charge on any atom is 0.161 e. The van der Waals surface area contributed by atoms with E-state index in [1.165, 1.54) is 6.92 Å². The van der Waals surface area contributed by atoms with Crippen molar-refractivity contribution in [3.8, 4) is 6.07 Å². The van der Waals surface area contributed by atoms with E-state index in [2.05, 4.69) is 0 Å². The first kappa shape index (κ1) is 9.20. The van der Waals surface area contributed by atoms with Crippen molar-refractivity contribution in [2.24, 2.45) is 0 Å². The van der Waals surface area contributed by atoms with Gasteiger partial charge in [-0.2, -0.15) is 5.26 Å². The number of hydrogen-bond acceptors (Lipinski definition) is 2. The molecule has 0 saturated carbocycles. The van der Waals surface area contributed by atoms with Crippen molar-refractivity contribution in [2.45, 2.75) is 6.92 Å². The number of hydrogen-bond donors (Lipinski definition) is 0. The molecule has 2 nitrogen and oxygen atoms in total. The molecule has 1 aromatic carbocycles. The molecule has 0 amide bonds. The van der Waals surface area contributed by atoms with Crippen LogP contribution in [0.1, 0.15) is 22.8 Å². The van der Waals surface area contributed by atoms with Crippen molar-refractivity contribution in [1.82, 2.24) is 0 Å². The number of Topliss-reactive ketones (excluding diaryl/α,β-unsaturated/α-hetero) is 1. The molecular formula is C9H6INO. The van der Waals surface area contributed by atoms with Crippen LogP contribution in [-0.4, -0.2) is 5.78 Å². The van der Waals surface area contributed by atoms with Crippen molar-refractivity contribution < 1.29 is 4.79 Å². The molecule has 0 aliphatic rings. The minimum absolute atomic E-state index is 0.0648. The van der Waals surface area contributed by atoms with E-state index in [0.717, 1.165) is 3.57 Å².